The van der Waals surface area contributed by atoms with Gasteiger partial charge in [0.25, 0.3) is 0 Å². The van der Waals surface area contributed by atoms with E-state index in [1.807, 2.05) is 19.1 Å². The lowest BCUT2D eigenvalue weighted by molar-refractivity contribution is -0.161. The molecule has 4 saturated carbocycles. The number of hydrogen-bond donors (Lipinski definition) is 2. The number of carbonyl (C=O) groups excluding carboxylic acids is 1. The monoisotopic (exact) mass is 356 g/mol. The van der Waals surface area contributed by atoms with E-state index in [1.54, 1.807) is 0 Å². The van der Waals surface area contributed by atoms with Crippen LogP contribution in [0.3, 0.4) is 0 Å². The molecule has 0 spiro atoms. The molecular weight excluding hydrogens is 324 g/mol. The molecule has 5 rings (SSSR count). The van der Waals surface area contributed by atoms with E-state index in [-0.39, 0.29) is 11.5 Å². The number of hydrogen-bond acceptors (Lipinski definition) is 3. The number of carbonyl (C=O) groups is 1. The molecule has 4 fully saturated rings. The van der Waals surface area contributed by atoms with Crippen LogP contribution in [0.2, 0.25) is 0 Å². The normalized spacial score (nSPS) is 32.0. The van der Waals surface area contributed by atoms with Crippen molar-refractivity contribution in [1.82, 2.24) is 5.32 Å². The van der Waals surface area contributed by atoms with Crippen molar-refractivity contribution in [3.05, 3.63) is 29.3 Å². The van der Waals surface area contributed by atoms with Gasteiger partial charge in [0.05, 0.1) is 18.8 Å². The predicted molar refractivity (Wildman–Crippen MR) is 104 cm³/mol. The molecule has 0 aliphatic heterocycles. The Balaban J connectivity index is 1.17. The van der Waals surface area contributed by atoms with Crippen LogP contribution in [0.1, 0.15) is 49.7 Å². The fourth-order valence-electron chi connectivity index (χ4n) is 5.90. The molecule has 4 bridgehead atoms. The van der Waals surface area contributed by atoms with Gasteiger partial charge in [-0.05, 0) is 81.8 Å². The molecule has 2 N–H and O–H groups in total. The summed E-state index contributed by atoms with van der Waals surface area (Å²) in [7, 11) is 0. The minimum absolute atomic E-state index is 0.00626. The van der Waals surface area contributed by atoms with Gasteiger partial charge in [-0.1, -0.05) is 17.7 Å². The SMILES string of the molecule is Cc1ccc(NC(=O)CNCCOC23CC4CC(CC(C4)C2)C3)c(C)c1. The first-order valence-electron chi connectivity index (χ1n) is 10.2. The molecule has 4 aliphatic rings. The Morgan fingerprint density at radius 1 is 1.12 bits per heavy atom. The summed E-state index contributed by atoms with van der Waals surface area (Å²) in [6.07, 6.45) is 8.14. The van der Waals surface area contributed by atoms with Crippen molar-refractivity contribution in [3.8, 4) is 0 Å². The van der Waals surface area contributed by atoms with Gasteiger partial charge in [-0.15, -0.1) is 0 Å². The number of ether oxygens (including phenoxy) is 1. The third-order valence-corrected chi connectivity index (χ3v) is 6.61. The van der Waals surface area contributed by atoms with Crippen LogP contribution in [0.25, 0.3) is 0 Å². The van der Waals surface area contributed by atoms with E-state index in [0.717, 1.165) is 35.5 Å². The van der Waals surface area contributed by atoms with Crippen molar-refractivity contribution >= 4 is 11.6 Å². The van der Waals surface area contributed by atoms with E-state index < -0.39 is 0 Å². The maximum absolute atomic E-state index is 12.1. The summed E-state index contributed by atoms with van der Waals surface area (Å²) in [5.74, 6) is 2.75. The van der Waals surface area contributed by atoms with Crippen molar-refractivity contribution < 1.29 is 9.53 Å². The van der Waals surface area contributed by atoms with Gasteiger partial charge in [0.15, 0.2) is 0 Å². The highest BCUT2D eigenvalue weighted by molar-refractivity contribution is 5.92. The van der Waals surface area contributed by atoms with Crippen molar-refractivity contribution in [2.24, 2.45) is 17.8 Å². The molecule has 0 unspecified atom stereocenters. The molecule has 4 aliphatic carbocycles. The van der Waals surface area contributed by atoms with E-state index in [1.165, 1.54) is 44.1 Å². The predicted octanol–water partition coefficient (Wildman–Crippen LogP) is 3.82. The van der Waals surface area contributed by atoms with Crippen molar-refractivity contribution in [2.45, 2.75) is 58.0 Å². The highest BCUT2D eigenvalue weighted by atomic mass is 16.5. The Hall–Kier alpha value is -1.39. The summed E-state index contributed by atoms with van der Waals surface area (Å²) in [5.41, 5.74) is 3.37. The third-order valence-electron chi connectivity index (χ3n) is 6.61. The van der Waals surface area contributed by atoms with Gasteiger partial charge in [0.1, 0.15) is 0 Å². The molecule has 0 radical (unpaired) electrons. The average molecular weight is 357 g/mol. The van der Waals surface area contributed by atoms with Gasteiger partial charge in [-0.3, -0.25) is 4.79 Å². The summed E-state index contributed by atoms with van der Waals surface area (Å²) >= 11 is 0. The molecule has 1 amide bonds. The lowest BCUT2D eigenvalue weighted by atomic mass is 9.54. The maximum atomic E-state index is 12.1. The molecule has 1 aromatic rings. The zero-order chi connectivity index (χ0) is 18.1. The lowest BCUT2D eigenvalue weighted by Gasteiger charge is -2.56. The Kier molecular flexibility index (Phi) is 5.07. The number of amides is 1. The van der Waals surface area contributed by atoms with E-state index >= 15 is 0 Å². The second kappa shape index (κ2) is 7.32. The number of anilines is 1. The van der Waals surface area contributed by atoms with Crippen LogP contribution >= 0.6 is 0 Å². The van der Waals surface area contributed by atoms with Crippen LogP contribution < -0.4 is 10.6 Å². The summed E-state index contributed by atoms with van der Waals surface area (Å²) < 4.78 is 6.38. The van der Waals surface area contributed by atoms with Gasteiger partial charge in [0.2, 0.25) is 5.91 Å². The fraction of sp³-hybridized carbons (Fsp3) is 0.682. The molecule has 0 saturated heterocycles. The standard InChI is InChI=1S/C22H32N2O2/c1-15-3-4-20(16(2)7-15)24-21(25)14-23-5-6-26-22-11-17-8-18(12-22)10-19(9-17)13-22/h3-4,7,17-19,23H,5-6,8-14H2,1-2H3,(H,24,25). The quantitative estimate of drug-likeness (QED) is 0.730. The number of benzene rings is 1. The number of nitrogens with one attached hydrogen (secondary N) is 2. The second-order valence-electron chi connectivity index (χ2n) is 8.99. The highest BCUT2D eigenvalue weighted by Gasteiger charge is 2.51. The van der Waals surface area contributed by atoms with Crippen LogP contribution in [0.15, 0.2) is 18.2 Å². The summed E-state index contributed by atoms with van der Waals surface area (Å²) in [6.45, 7) is 5.86. The first kappa shape index (κ1) is 18.0. The molecule has 4 heteroatoms. The second-order valence-corrected chi connectivity index (χ2v) is 8.99. The number of aryl methyl sites for hydroxylation is 2. The minimum atomic E-state index is 0.00626. The Morgan fingerprint density at radius 2 is 1.77 bits per heavy atom. The lowest BCUT2D eigenvalue weighted by Crippen LogP contribution is -2.52. The Bertz CT molecular complexity index is 635. The van der Waals surface area contributed by atoms with Crippen LogP contribution in [0.4, 0.5) is 5.69 Å². The van der Waals surface area contributed by atoms with Gasteiger partial charge in [0, 0.05) is 12.2 Å². The van der Waals surface area contributed by atoms with Crippen molar-refractivity contribution in [3.63, 3.8) is 0 Å². The smallest absolute Gasteiger partial charge is 0.238 e. The molecule has 142 valence electrons. The average Bonchev–Trinajstić information content (AvgIpc) is 2.56. The fourth-order valence-corrected chi connectivity index (χ4v) is 5.90. The summed E-state index contributed by atoms with van der Waals surface area (Å²) in [5, 5.41) is 6.21. The first-order valence-corrected chi connectivity index (χ1v) is 10.2. The van der Waals surface area contributed by atoms with Crippen molar-refractivity contribution in [2.75, 3.05) is 25.0 Å². The number of rotatable bonds is 7. The zero-order valence-corrected chi connectivity index (χ0v) is 16.1. The molecule has 26 heavy (non-hydrogen) atoms. The van der Waals surface area contributed by atoms with Gasteiger partial charge < -0.3 is 15.4 Å². The molecule has 1 aromatic carbocycles. The van der Waals surface area contributed by atoms with Crippen LogP contribution in [-0.4, -0.2) is 31.2 Å². The van der Waals surface area contributed by atoms with E-state index in [2.05, 4.69) is 23.6 Å². The topological polar surface area (TPSA) is 50.4 Å². The molecule has 4 nitrogen and oxygen atoms in total. The Morgan fingerprint density at radius 3 is 2.38 bits per heavy atom. The van der Waals surface area contributed by atoms with Gasteiger partial charge >= 0.3 is 0 Å². The molecular formula is C22H32N2O2. The van der Waals surface area contributed by atoms with E-state index in [0.29, 0.717) is 13.2 Å². The van der Waals surface area contributed by atoms with Gasteiger partial charge in [-0.2, -0.15) is 0 Å². The first-order chi connectivity index (χ1) is 12.5. The maximum Gasteiger partial charge on any atom is 0.238 e. The summed E-state index contributed by atoms with van der Waals surface area (Å²) in [6, 6.07) is 6.08. The van der Waals surface area contributed by atoms with E-state index in [4.69, 9.17) is 4.74 Å². The summed E-state index contributed by atoms with van der Waals surface area (Å²) in [4.78, 5) is 12.1. The molecule has 0 heterocycles. The molecule has 0 atom stereocenters. The van der Waals surface area contributed by atoms with Crippen LogP contribution in [-0.2, 0) is 9.53 Å². The Labute approximate surface area is 157 Å². The zero-order valence-electron chi connectivity index (χ0n) is 16.1. The van der Waals surface area contributed by atoms with E-state index in [9.17, 15) is 4.79 Å². The van der Waals surface area contributed by atoms with Crippen LogP contribution in [0, 0.1) is 31.6 Å². The molecule has 0 aromatic heterocycles. The largest absolute Gasteiger partial charge is 0.374 e. The van der Waals surface area contributed by atoms with Crippen LogP contribution in [0.5, 0.6) is 0 Å². The van der Waals surface area contributed by atoms with Gasteiger partial charge in [-0.25, -0.2) is 0 Å². The third kappa shape index (κ3) is 3.96. The van der Waals surface area contributed by atoms with Crippen molar-refractivity contribution in [1.29, 1.82) is 0 Å². The highest BCUT2D eigenvalue weighted by Crippen LogP contribution is 2.57. The minimum Gasteiger partial charge on any atom is -0.374 e.